The molecular weight excluding hydrogens is 277 g/mol. The molecule has 0 N–H and O–H groups in total. The van der Waals surface area contributed by atoms with Crippen molar-refractivity contribution in [3.8, 4) is 0 Å². The first-order valence-corrected chi connectivity index (χ1v) is 7.94. The lowest BCUT2D eigenvalue weighted by Gasteiger charge is -2.17. The monoisotopic (exact) mass is 299 g/mol. The van der Waals surface area contributed by atoms with Crippen molar-refractivity contribution in [3.63, 3.8) is 0 Å². The first-order valence-electron chi connectivity index (χ1n) is 6.79. The molecule has 0 aromatic heterocycles. The summed E-state index contributed by atoms with van der Waals surface area (Å²) < 4.78 is 18.2. The zero-order chi connectivity index (χ0) is 15.0. The van der Waals surface area contributed by atoms with Gasteiger partial charge >= 0.3 is 5.97 Å². The fourth-order valence-corrected chi connectivity index (χ4v) is 2.79. The molecule has 0 saturated carbocycles. The van der Waals surface area contributed by atoms with Crippen LogP contribution >= 0.6 is 11.8 Å². The average Bonchev–Trinajstić information content (AvgIpc) is 2.47. The van der Waals surface area contributed by atoms with Gasteiger partial charge in [0.25, 0.3) is 0 Å². The van der Waals surface area contributed by atoms with Gasteiger partial charge in [-0.2, -0.15) is 11.8 Å². The van der Waals surface area contributed by atoms with E-state index >= 15 is 0 Å². The topological polar surface area (TPSA) is 29.5 Å². The van der Waals surface area contributed by atoms with Crippen molar-refractivity contribution < 1.29 is 13.9 Å². The Kier molecular flexibility index (Phi) is 7.62. The second kappa shape index (κ2) is 8.97. The van der Waals surface area contributed by atoms with Crippen molar-refractivity contribution in [1.82, 2.24) is 4.90 Å². The molecule has 0 aliphatic carbocycles. The summed E-state index contributed by atoms with van der Waals surface area (Å²) >= 11 is 1.77. The summed E-state index contributed by atoms with van der Waals surface area (Å²) in [6.45, 7) is 7.45. The lowest BCUT2D eigenvalue weighted by molar-refractivity contribution is 0.0595. The first kappa shape index (κ1) is 17.0. The summed E-state index contributed by atoms with van der Waals surface area (Å²) in [4.78, 5) is 13.6. The van der Waals surface area contributed by atoms with E-state index in [1.807, 2.05) is 0 Å². The van der Waals surface area contributed by atoms with Crippen LogP contribution in [0.4, 0.5) is 4.39 Å². The normalized spacial score (nSPS) is 10.8. The Morgan fingerprint density at radius 1 is 1.35 bits per heavy atom. The molecule has 1 aromatic carbocycles. The van der Waals surface area contributed by atoms with Crippen molar-refractivity contribution >= 4 is 17.7 Å². The lowest BCUT2D eigenvalue weighted by atomic mass is 10.1. The summed E-state index contributed by atoms with van der Waals surface area (Å²) in [5, 5.41) is 0. The number of halogens is 1. The molecule has 0 aliphatic rings. The van der Waals surface area contributed by atoms with Crippen LogP contribution in [0.5, 0.6) is 0 Å². The fraction of sp³-hybridized carbons (Fsp3) is 0.533. The van der Waals surface area contributed by atoms with E-state index < -0.39 is 11.8 Å². The van der Waals surface area contributed by atoms with Crippen molar-refractivity contribution in [2.75, 3.05) is 32.5 Å². The number of nitrogens with zero attached hydrogens (tertiary/aromatic N) is 1. The van der Waals surface area contributed by atoms with Crippen molar-refractivity contribution in [3.05, 3.63) is 35.1 Å². The molecule has 0 unspecified atom stereocenters. The van der Waals surface area contributed by atoms with E-state index in [4.69, 9.17) is 0 Å². The van der Waals surface area contributed by atoms with Gasteiger partial charge in [-0.3, -0.25) is 0 Å². The van der Waals surface area contributed by atoms with Gasteiger partial charge in [0.1, 0.15) is 5.82 Å². The van der Waals surface area contributed by atoms with Crippen LogP contribution in [0.15, 0.2) is 18.2 Å². The highest BCUT2D eigenvalue weighted by Crippen LogP contribution is 2.17. The average molecular weight is 299 g/mol. The quantitative estimate of drug-likeness (QED) is 0.544. The minimum absolute atomic E-state index is 0.00982. The number of rotatable bonds is 8. The predicted molar refractivity (Wildman–Crippen MR) is 81.7 cm³/mol. The van der Waals surface area contributed by atoms with Gasteiger partial charge in [0, 0.05) is 18.1 Å². The Hall–Kier alpha value is -1.07. The minimum atomic E-state index is -0.636. The molecule has 0 heterocycles. The molecule has 112 valence electrons. The maximum atomic E-state index is 13.7. The lowest BCUT2D eigenvalue weighted by Crippen LogP contribution is -2.25. The Balaban J connectivity index is 2.45. The molecule has 0 amide bonds. The van der Waals surface area contributed by atoms with Crippen LogP contribution in [0.1, 0.15) is 29.8 Å². The van der Waals surface area contributed by atoms with E-state index in [1.165, 1.54) is 19.2 Å². The molecule has 5 heteroatoms. The summed E-state index contributed by atoms with van der Waals surface area (Å²) in [5.74, 6) is 0.615. The van der Waals surface area contributed by atoms with Crippen LogP contribution in [0, 0.1) is 5.82 Å². The van der Waals surface area contributed by atoms with E-state index in [0.29, 0.717) is 0 Å². The highest BCUT2D eigenvalue weighted by molar-refractivity contribution is 7.98. The number of thioether (sulfide) groups is 1. The maximum Gasteiger partial charge on any atom is 0.340 e. The van der Waals surface area contributed by atoms with Crippen LogP contribution in [-0.4, -0.2) is 43.4 Å². The second-order valence-corrected chi connectivity index (χ2v) is 5.49. The number of methoxy groups -OCH3 is 1. The van der Waals surface area contributed by atoms with Crippen LogP contribution in [0.3, 0.4) is 0 Å². The van der Waals surface area contributed by atoms with E-state index in [9.17, 15) is 9.18 Å². The molecule has 20 heavy (non-hydrogen) atoms. The molecular formula is C15H22FNO2S. The number of hydrogen-bond acceptors (Lipinski definition) is 4. The smallest absolute Gasteiger partial charge is 0.340 e. The number of ether oxygens (including phenoxy) is 1. The number of carbonyl (C=O) groups excluding carboxylic acids is 1. The number of esters is 1. The van der Waals surface area contributed by atoms with Crippen molar-refractivity contribution in [2.24, 2.45) is 0 Å². The van der Waals surface area contributed by atoms with Gasteiger partial charge in [0.15, 0.2) is 0 Å². The van der Waals surface area contributed by atoms with Gasteiger partial charge in [-0.1, -0.05) is 19.9 Å². The molecule has 1 rings (SSSR count). The first-order chi connectivity index (χ1) is 9.62. The fourth-order valence-electron chi connectivity index (χ4n) is 1.85. The minimum Gasteiger partial charge on any atom is -0.465 e. The third-order valence-corrected chi connectivity index (χ3v) is 4.16. The van der Waals surface area contributed by atoms with Gasteiger partial charge in [-0.25, -0.2) is 9.18 Å². The zero-order valence-electron chi connectivity index (χ0n) is 12.3. The molecule has 0 saturated heterocycles. The van der Waals surface area contributed by atoms with E-state index in [0.717, 1.165) is 36.7 Å². The van der Waals surface area contributed by atoms with Gasteiger partial charge in [-0.05, 0) is 30.8 Å². The van der Waals surface area contributed by atoms with Crippen molar-refractivity contribution in [2.45, 2.75) is 19.6 Å². The predicted octanol–water partition coefficient (Wildman–Crippen LogP) is 3.19. The molecule has 0 fully saturated rings. The molecule has 3 nitrogen and oxygen atoms in total. The van der Waals surface area contributed by atoms with Crippen LogP contribution in [0.25, 0.3) is 0 Å². The second-order valence-electron chi connectivity index (χ2n) is 4.39. The van der Waals surface area contributed by atoms with Crippen LogP contribution in [-0.2, 0) is 10.5 Å². The zero-order valence-corrected chi connectivity index (χ0v) is 13.1. The SMILES string of the molecule is CCN(CC)CCSCc1ccc(C(=O)OC)c(F)c1. The highest BCUT2D eigenvalue weighted by Gasteiger charge is 2.12. The Morgan fingerprint density at radius 3 is 2.60 bits per heavy atom. The van der Waals surface area contributed by atoms with Crippen molar-refractivity contribution in [1.29, 1.82) is 0 Å². The Bertz CT molecular complexity index is 436. The third-order valence-electron chi connectivity index (χ3n) is 3.15. The highest BCUT2D eigenvalue weighted by atomic mass is 32.2. The summed E-state index contributed by atoms with van der Waals surface area (Å²) in [6.07, 6.45) is 0. The number of hydrogen-bond donors (Lipinski definition) is 0. The molecule has 0 radical (unpaired) electrons. The molecule has 0 spiro atoms. The molecule has 1 aromatic rings. The largest absolute Gasteiger partial charge is 0.465 e. The molecule has 0 bridgehead atoms. The van der Waals surface area contributed by atoms with Crippen LogP contribution < -0.4 is 0 Å². The number of carbonyl (C=O) groups is 1. The van der Waals surface area contributed by atoms with Gasteiger partial charge in [-0.15, -0.1) is 0 Å². The van der Waals surface area contributed by atoms with Gasteiger partial charge in [0.05, 0.1) is 12.7 Å². The van der Waals surface area contributed by atoms with Gasteiger partial charge in [0.2, 0.25) is 0 Å². The maximum absolute atomic E-state index is 13.7. The standard InChI is InChI=1S/C15H22FNO2S/c1-4-17(5-2)8-9-20-11-12-6-7-13(14(16)10-12)15(18)19-3/h6-7,10H,4-5,8-9,11H2,1-3H3. The molecule has 0 aliphatic heterocycles. The summed E-state index contributed by atoms with van der Waals surface area (Å²) in [6, 6.07) is 4.68. The summed E-state index contributed by atoms with van der Waals surface area (Å²) in [5.41, 5.74) is 0.879. The van der Waals surface area contributed by atoms with E-state index in [1.54, 1.807) is 17.8 Å². The van der Waals surface area contributed by atoms with E-state index in [2.05, 4.69) is 23.5 Å². The third kappa shape index (κ3) is 5.13. The van der Waals surface area contributed by atoms with E-state index in [-0.39, 0.29) is 5.56 Å². The Labute approximate surface area is 124 Å². The Morgan fingerprint density at radius 2 is 2.05 bits per heavy atom. The van der Waals surface area contributed by atoms with Gasteiger partial charge < -0.3 is 9.64 Å². The molecule has 0 atom stereocenters. The summed E-state index contributed by atoms with van der Waals surface area (Å²) in [7, 11) is 1.25. The number of benzene rings is 1. The van der Waals surface area contributed by atoms with Crippen LogP contribution in [0.2, 0.25) is 0 Å².